The van der Waals surface area contributed by atoms with E-state index in [0.29, 0.717) is 11.3 Å². The molecule has 0 bridgehead atoms. The Morgan fingerprint density at radius 1 is 1.44 bits per heavy atom. The van der Waals surface area contributed by atoms with E-state index in [1.165, 1.54) is 0 Å². The number of amides is 1. The smallest absolute Gasteiger partial charge is 0.250 e. The van der Waals surface area contributed by atoms with Gasteiger partial charge < -0.3 is 21.7 Å². The Balaban J connectivity index is 2.73. The first-order valence-corrected chi connectivity index (χ1v) is 6.01. The summed E-state index contributed by atoms with van der Waals surface area (Å²) in [4.78, 5) is 13.3. The molecule has 5 N–H and O–H groups in total. The minimum absolute atomic E-state index is 0.276. The van der Waals surface area contributed by atoms with Crippen LogP contribution in [-0.4, -0.2) is 37.5 Å². The summed E-state index contributed by atoms with van der Waals surface area (Å²) in [7, 11) is 4.07. The van der Waals surface area contributed by atoms with Gasteiger partial charge in [-0.25, -0.2) is 0 Å². The van der Waals surface area contributed by atoms with E-state index in [-0.39, 0.29) is 6.04 Å². The first-order valence-electron chi connectivity index (χ1n) is 6.01. The molecule has 0 fully saturated rings. The maximum absolute atomic E-state index is 11.2. The fraction of sp³-hybridized carbons (Fsp3) is 0.462. The highest BCUT2D eigenvalue weighted by Crippen LogP contribution is 2.23. The van der Waals surface area contributed by atoms with Crippen molar-refractivity contribution in [3.8, 4) is 0 Å². The van der Waals surface area contributed by atoms with Gasteiger partial charge in [0, 0.05) is 6.04 Å². The molecule has 0 aliphatic carbocycles. The standard InChI is InChI=1S/C13H22N4O/c1-9(7-8-17(2)3)16-11-6-4-5-10(12(11)14)13(15)18/h4-6,9,16H,7-8,14H2,1-3H3,(H2,15,18). The third-order valence-electron chi connectivity index (χ3n) is 2.78. The predicted molar refractivity (Wildman–Crippen MR) is 75.6 cm³/mol. The number of primary amides is 1. The van der Waals surface area contributed by atoms with Crippen LogP contribution in [0.3, 0.4) is 0 Å². The number of nitrogens with zero attached hydrogens (tertiary/aromatic N) is 1. The second-order valence-corrected chi connectivity index (χ2v) is 4.77. The molecule has 18 heavy (non-hydrogen) atoms. The molecule has 0 saturated heterocycles. The lowest BCUT2D eigenvalue weighted by Gasteiger charge is -2.19. The van der Waals surface area contributed by atoms with Crippen molar-refractivity contribution in [3.63, 3.8) is 0 Å². The number of benzene rings is 1. The van der Waals surface area contributed by atoms with Crippen LogP contribution >= 0.6 is 0 Å². The summed E-state index contributed by atoms with van der Waals surface area (Å²) < 4.78 is 0. The van der Waals surface area contributed by atoms with Gasteiger partial charge in [0.1, 0.15) is 0 Å². The summed E-state index contributed by atoms with van der Waals surface area (Å²) in [5.74, 6) is -0.503. The molecular weight excluding hydrogens is 228 g/mol. The van der Waals surface area contributed by atoms with Gasteiger partial charge >= 0.3 is 0 Å². The molecule has 0 aliphatic heterocycles. The molecule has 0 aromatic heterocycles. The van der Waals surface area contributed by atoms with Gasteiger partial charge in [-0.1, -0.05) is 6.07 Å². The number of carbonyl (C=O) groups excluding carboxylic acids is 1. The largest absolute Gasteiger partial charge is 0.396 e. The van der Waals surface area contributed by atoms with E-state index in [2.05, 4.69) is 17.1 Å². The number of hydrogen-bond donors (Lipinski definition) is 3. The molecule has 1 atom stereocenters. The Kier molecular flexibility index (Phi) is 4.97. The zero-order chi connectivity index (χ0) is 13.7. The van der Waals surface area contributed by atoms with Crippen molar-refractivity contribution in [2.75, 3.05) is 31.7 Å². The van der Waals surface area contributed by atoms with E-state index >= 15 is 0 Å². The molecule has 0 radical (unpaired) electrons. The molecule has 1 unspecified atom stereocenters. The van der Waals surface area contributed by atoms with Gasteiger partial charge in [-0.3, -0.25) is 4.79 Å². The van der Waals surface area contributed by atoms with Gasteiger partial charge in [-0.2, -0.15) is 0 Å². The van der Waals surface area contributed by atoms with Crippen LogP contribution in [0.2, 0.25) is 0 Å². The second-order valence-electron chi connectivity index (χ2n) is 4.77. The maximum atomic E-state index is 11.2. The molecule has 100 valence electrons. The summed E-state index contributed by atoms with van der Waals surface area (Å²) in [5.41, 5.74) is 12.7. The fourth-order valence-electron chi connectivity index (χ4n) is 1.70. The Hall–Kier alpha value is -1.75. The first kappa shape index (κ1) is 14.3. The third kappa shape index (κ3) is 3.92. The summed E-state index contributed by atoms with van der Waals surface area (Å²) in [6.45, 7) is 3.07. The van der Waals surface area contributed by atoms with Gasteiger partial charge in [-0.05, 0) is 46.1 Å². The SMILES string of the molecule is CC(CCN(C)C)Nc1cccc(C(N)=O)c1N. The van der Waals surface area contributed by atoms with Crippen LogP contribution in [0.25, 0.3) is 0 Å². The number of carbonyl (C=O) groups is 1. The van der Waals surface area contributed by atoms with Gasteiger partial charge in [0.05, 0.1) is 16.9 Å². The summed E-state index contributed by atoms with van der Waals surface area (Å²) in [5, 5.41) is 3.30. The highest BCUT2D eigenvalue weighted by atomic mass is 16.1. The van der Waals surface area contributed by atoms with Crippen LogP contribution in [0.15, 0.2) is 18.2 Å². The molecular formula is C13H22N4O. The number of nitrogen functional groups attached to an aromatic ring is 1. The Labute approximate surface area is 108 Å². The lowest BCUT2D eigenvalue weighted by atomic mass is 10.1. The maximum Gasteiger partial charge on any atom is 0.250 e. The van der Waals surface area contributed by atoms with Crippen molar-refractivity contribution < 1.29 is 4.79 Å². The zero-order valence-corrected chi connectivity index (χ0v) is 11.2. The lowest BCUT2D eigenvalue weighted by molar-refractivity contribution is 0.100. The first-order chi connectivity index (χ1) is 8.41. The Morgan fingerprint density at radius 2 is 2.11 bits per heavy atom. The highest BCUT2D eigenvalue weighted by Gasteiger charge is 2.11. The van der Waals surface area contributed by atoms with Crippen LogP contribution in [0.5, 0.6) is 0 Å². The molecule has 5 heteroatoms. The van der Waals surface area contributed by atoms with E-state index in [0.717, 1.165) is 18.7 Å². The normalized spacial score (nSPS) is 12.4. The van der Waals surface area contributed by atoms with Crippen LogP contribution in [0.4, 0.5) is 11.4 Å². The van der Waals surface area contributed by atoms with Crippen LogP contribution in [-0.2, 0) is 0 Å². The molecule has 1 aromatic carbocycles. The predicted octanol–water partition coefficient (Wildman–Crippen LogP) is 1.12. The van der Waals surface area contributed by atoms with E-state index in [1.807, 2.05) is 20.2 Å². The van der Waals surface area contributed by atoms with Crippen molar-refractivity contribution in [2.24, 2.45) is 5.73 Å². The third-order valence-corrected chi connectivity index (χ3v) is 2.78. The van der Waals surface area contributed by atoms with Crippen molar-refractivity contribution in [1.82, 2.24) is 4.90 Å². The lowest BCUT2D eigenvalue weighted by Crippen LogP contribution is -2.24. The van der Waals surface area contributed by atoms with Crippen LogP contribution in [0.1, 0.15) is 23.7 Å². The van der Waals surface area contributed by atoms with Crippen molar-refractivity contribution >= 4 is 17.3 Å². The van der Waals surface area contributed by atoms with Gasteiger partial charge in [0.25, 0.3) is 5.91 Å². The molecule has 1 rings (SSSR count). The number of nitrogens with two attached hydrogens (primary N) is 2. The number of para-hydroxylation sites is 1. The summed E-state index contributed by atoms with van der Waals surface area (Å²) in [6.07, 6.45) is 0.993. The molecule has 5 nitrogen and oxygen atoms in total. The Bertz CT molecular complexity index is 417. The van der Waals surface area contributed by atoms with Gasteiger partial charge in [-0.15, -0.1) is 0 Å². The van der Waals surface area contributed by atoms with E-state index in [1.54, 1.807) is 12.1 Å². The van der Waals surface area contributed by atoms with Crippen molar-refractivity contribution in [3.05, 3.63) is 23.8 Å². The minimum atomic E-state index is -0.503. The number of anilines is 2. The van der Waals surface area contributed by atoms with Gasteiger partial charge in [0.2, 0.25) is 0 Å². The molecule has 0 spiro atoms. The molecule has 1 amide bonds. The summed E-state index contributed by atoms with van der Waals surface area (Å²) >= 11 is 0. The monoisotopic (exact) mass is 250 g/mol. The van der Waals surface area contributed by atoms with Crippen LogP contribution < -0.4 is 16.8 Å². The number of hydrogen-bond acceptors (Lipinski definition) is 4. The van der Waals surface area contributed by atoms with E-state index in [4.69, 9.17) is 11.5 Å². The quantitative estimate of drug-likeness (QED) is 0.661. The fourth-order valence-corrected chi connectivity index (χ4v) is 1.70. The van der Waals surface area contributed by atoms with Crippen molar-refractivity contribution in [2.45, 2.75) is 19.4 Å². The summed E-state index contributed by atoms with van der Waals surface area (Å²) in [6, 6.07) is 5.54. The highest BCUT2D eigenvalue weighted by molar-refractivity contribution is 6.00. The zero-order valence-electron chi connectivity index (χ0n) is 11.2. The second kappa shape index (κ2) is 6.26. The van der Waals surface area contributed by atoms with Crippen molar-refractivity contribution in [1.29, 1.82) is 0 Å². The topological polar surface area (TPSA) is 84.4 Å². The number of nitrogens with one attached hydrogen (secondary N) is 1. The average Bonchev–Trinajstić information content (AvgIpc) is 2.29. The van der Waals surface area contributed by atoms with Crippen LogP contribution in [0, 0.1) is 0 Å². The minimum Gasteiger partial charge on any atom is -0.396 e. The average molecular weight is 250 g/mol. The Morgan fingerprint density at radius 3 is 2.67 bits per heavy atom. The van der Waals surface area contributed by atoms with Gasteiger partial charge in [0.15, 0.2) is 0 Å². The molecule has 0 aliphatic rings. The van der Waals surface area contributed by atoms with E-state index in [9.17, 15) is 4.79 Å². The van der Waals surface area contributed by atoms with E-state index < -0.39 is 5.91 Å². The molecule has 0 saturated carbocycles. The molecule has 1 aromatic rings. The molecule has 0 heterocycles. The number of rotatable bonds is 6.